The number of benzene rings is 1. The topological polar surface area (TPSA) is 59.0 Å². The second-order valence-electron chi connectivity index (χ2n) is 5.05. The Kier molecular flexibility index (Phi) is 5.08. The van der Waals surface area contributed by atoms with Crippen LogP contribution in [-0.4, -0.2) is 50.1 Å². The molecule has 5 nitrogen and oxygen atoms in total. The van der Waals surface area contributed by atoms with Gasteiger partial charge in [-0.2, -0.15) is 0 Å². The van der Waals surface area contributed by atoms with Crippen molar-refractivity contribution in [3.05, 3.63) is 28.3 Å². The molecule has 0 aliphatic carbocycles. The fraction of sp³-hybridized carbons (Fsp3) is 0.533. The van der Waals surface area contributed by atoms with E-state index in [1.54, 1.807) is 12.1 Å². The Hall–Kier alpha value is -1.30. The largest absolute Gasteiger partial charge is 0.465 e. The van der Waals surface area contributed by atoms with Crippen molar-refractivity contribution in [2.75, 3.05) is 31.8 Å². The van der Waals surface area contributed by atoms with E-state index in [0.29, 0.717) is 30.3 Å². The molecule has 1 saturated heterocycles. The van der Waals surface area contributed by atoms with Crippen molar-refractivity contribution in [1.29, 1.82) is 0 Å². The van der Waals surface area contributed by atoms with E-state index in [-0.39, 0.29) is 6.04 Å². The number of hydrogen-bond acceptors (Lipinski definition) is 5. The number of carbonyl (C=O) groups is 1. The molecule has 1 fully saturated rings. The molecular weight excluding hydrogens is 294 g/mol. The van der Waals surface area contributed by atoms with Crippen LogP contribution < -0.4 is 4.90 Å². The van der Waals surface area contributed by atoms with E-state index in [0.717, 1.165) is 11.3 Å². The lowest BCUT2D eigenvalue weighted by molar-refractivity contribution is 0.0600. The highest BCUT2D eigenvalue weighted by Crippen LogP contribution is 2.31. The molecule has 1 aromatic rings. The Morgan fingerprint density at radius 1 is 1.52 bits per heavy atom. The molecule has 1 aliphatic heterocycles. The highest BCUT2D eigenvalue weighted by Gasteiger charge is 2.32. The van der Waals surface area contributed by atoms with Crippen molar-refractivity contribution >= 4 is 23.3 Å². The summed E-state index contributed by atoms with van der Waals surface area (Å²) in [5, 5.41) is 10.5. The fourth-order valence-electron chi connectivity index (χ4n) is 2.70. The summed E-state index contributed by atoms with van der Waals surface area (Å²) >= 11 is 6.14. The average Bonchev–Trinajstić information content (AvgIpc) is 2.88. The van der Waals surface area contributed by atoms with Gasteiger partial charge in [-0.3, -0.25) is 0 Å². The minimum Gasteiger partial charge on any atom is -0.465 e. The van der Waals surface area contributed by atoms with Crippen molar-refractivity contribution in [3.8, 4) is 0 Å². The third kappa shape index (κ3) is 3.15. The van der Waals surface area contributed by atoms with E-state index in [2.05, 4.69) is 0 Å². The lowest BCUT2D eigenvalue weighted by atomic mass is 10.0. The number of ether oxygens (including phenoxy) is 2. The van der Waals surface area contributed by atoms with E-state index < -0.39 is 12.1 Å². The van der Waals surface area contributed by atoms with Gasteiger partial charge in [-0.25, -0.2) is 4.79 Å². The number of methoxy groups -OCH3 is 1. The molecule has 0 aromatic heterocycles. The molecule has 1 aromatic carbocycles. The molecule has 116 valence electrons. The summed E-state index contributed by atoms with van der Waals surface area (Å²) in [4.78, 5) is 13.9. The monoisotopic (exact) mass is 313 g/mol. The molecule has 6 heteroatoms. The molecule has 0 bridgehead atoms. The van der Waals surface area contributed by atoms with Crippen LogP contribution in [0.1, 0.15) is 22.8 Å². The summed E-state index contributed by atoms with van der Waals surface area (Å²) in [6.07, 6.45) is -0.551. The van der Waals surface area contributed by atoms with E-state index in [1.165, 1.54) is 7.11 Å². The van der Waals surface area contributed by atoms with Crippen LogP contribution in [0.25, 0.3) is 0 Å². The number of aliphatic hydroxyl groups excluding tert-OH is 1. The molecule has 0 saturated carbocycles. The molecule has 0 unspecified atom stereocenters. The van der Waals surface area contributed by atoms with Gasteiger partial charge in [0.15, 0.2) is 0 Å². The highest BCUT2D eigenvalue weighted by molar-refractivity contribution is 6.31. The molecule has 21 heavy (non-hydrogen) atoms. The summed E-state index contributed by atoms with van der Waals surface area (Å²) in [6, 6.07) is 3.26. The third-order valence-corrected chi connectivity index (χ3v) is 4.04. The minimum absolute atomic E-state index is 0.141. The summed E-state index contributed by atoms with van der Waals surface area (Å²) in [7, 11) is 1.34. The van der Waals surface area contributed by atoms with Crippen LogP contribution in [0.5, 0.6) is 0 Å². The van der Waals surface area contributed by atoms with Crippen molar-refractivity contribution in [1.82, 2.24) is 0 Å². The zero-order valence-corrected chi connectivity index (χ0v) is 13.2. The van der Waals surface area contributed by atoms with Crippen LogP contribution in [-0.2, 0) is 9.47 Å². The van der Waals surface area contributed by atoms with Crippen LogP contribution in [0.3, 0.4) is 0 Å². The zero-order valence-electron chi connectivity index (χ0n) is 12.4. The van der Waals surface area contributed by atoms with E-state index in [9.17, 15) is 9.90 Å². The first-order valence-electron chi connectivity index (χ1n) is 6.90. The van der Waals surface area contributed by atoms with Crippen LogP contribution >= 0.6 is 11.6 Å². The second kappa shape index (κ2) is 6.64. The number of esters is 1. The maximum atomic E-state index is 11.9. The molecule has 0 spiro atoms. The molecule has 2 rings (SSSR count). The summed E-state index contributed by atoms with van der Waals surface area (Å²) < 4.78 is 10.1. The second-order valence-corrected chi connectivity index (χ2v) is 5.48. The van der Waals surface area contributed by atoms with Crippen LogP contribution in [0, 0.1) is 6.92 Å². The number of halogens is 1. The van der Waals surface area contributed by atoms with Crippen molar-refractivity contribution in [3.63, 3.8) is 0 Å². The Balaban J connectivity index is 2.46. The van der Waals surface area contributed by atoms with E-state index >= 15 is 0 Å². The molecule has 1 heterocycles. The Morgan fingerprint density at radius 2 is 2.24 bits per heavy atom. The maximum absolute atomic E-state index is 11.9. The van der Waals surface area contributed by atoms with Gasteiger partial charge in [0.25, 0.3) is 0 Å². The molecular formula is C15H20ClNO4. The third-order valence-electron chi connectivity index (χ3n) is 3.82. The predicted molar refractivity (Wildman–Crippen MR) is 81.2 cm³/mol. The van der Waals surface area contributed by atoms with Gasteiger partial charge in [-0.1, -0.05) is 11.6 Å². The Labute approximate surface area is 129 Å². The number of likely N-dealkylation sites (N-methyl/N-ethyl adjacent to an activating group) is 1. The Morgan fingerprint density at radius 3 is 2.76 bits per heavy atom. The maximum Gasteiger partial charge on any atom is 0.338 e. The van der Waals surface area contributed by atoms with Gasteiger partial charge < -0.3 is 19.5 Å². The molecule has 1 N–H and O–H groups in total. The number of rotatable bonds is 4. The number of aliphatic hydroxyl groups is 1. The number of carbonyl (C=O) groups excluding carboxylic acids is 1. The summed E-state index contributed by atoms with van der Waals surface area (Å²) in [6.45, 7) is 5.29. The quantitative estimate of drug-likeness (QED) is 0.862. The predicted octanol–water partition coefficient (Wildman–Crippen LogP) is 2.02. The van der Waals surface area contributed by atoms with Crippen molar-refractivity contribution in [2.45, 2.75) is 26.0 Å². The van der Waals surface area contributed by atoms with Gasteiger partial charge in [0.05, 0.1) is 38.0 Å². The van der Waals surface area contributed by atoms with Crippen LogP contribution in [0.15, 0.2) is 12.1 Å². The van der Waals surface area contributed by atoms with Gasteiger partial charge in [-0.05, 0) is 31.5 Å². The van der Waals surface area contributed by atoms with Gasteiger partial charge >= 0.3 is 5.97 Å². The van der Waals surface area contributed by atoms with Gasteiger partial charge in [0, 0.05) is 17.3 Å². The SMILES string of the molecule is CCN(c1cc(Cl)cc(C(=O)OC)c1C)[C@@H]1COC[C@H]1O. The van der Waals surface area contributed by atoms with Gasteiger partial charge in [0.1, 0.15) is 0 Å². The molecule has 1 aliphatic rings. The number of hydrogen-bond donors (Lipinski definition) is 1. The number of anilines is 1. The smallest absolute Gasteiger partial charge is 0.338 e. The molecule has 0 amide bonds. The molecule has 2 atom stereocenters. The lowest BCUT2D eigenvalue weighted by Gasteiger charge is -2.32. The van der Waals surface area contributed by atoms with Gasteiger partial charge in [-0.15, -0.1) is 0 Å². The standard InChI is InChI=1S/C15H20ClNO4/c1-4-17(13-7-21-8-14(13)18)12-6-10(16)5-11(9(12)2)15(19)20-3/h5-6,13-14,18H,4,7-8H2,1-3H3/t13-,14-/m1/s1. The van der Waals surface area contributed by atoms with Crippen molar-refractivity contribution < 1.29 is 19.4 Å². The average molecular weight is 314 g/mol. The first-order valence-corrected chi connectivity index (χ1v) is 7.28. The lowest BCUT2D eigenvalue weighted by Crippen LogP contribution is -2.43. The number of nitrogens with zero attached hydrogens (tertiary/aromatic N) is 1. The van der Waals surface area contributed by atoms with Gasteiger partial charge in [0.2, 0.25) is 0 Å². The zero-order chi connectivity index (χ0) is 15.6. The molecule has 0 radical (unpaired) electrons. The summed E-state index contributed by atoms with van der Waals surface area (Å²) in [5.74, 6) is -0.421. The minimum atomic E-state index is -0.551. The van der Waals surface area contributed by atoms with Crippen molar-refractivity contribution in [2.24, 2.45) is 0 Å². The Bertz CT molecular complexity index is 535. The van der Waals surface area contributed by atoms with E-state index in [4.69, 9.17) is 21.1 Å². The highest BCUT2D eigenvalue weighted by atomic mass is 35.5. The van der Waals surface area contributed by atoms with Crippen LogP contribution in [0.2, 0.25) is 5.02 Å². The normalized spacial score (nSPS) is 21.4. The summed E-state index contributed by atoms with van der Waals surface area (Å²) in [5.41, 5.74) is 2.04. The van der Waals surface area contributed by atoms with E-state index in [1.807, 2.05) is 18.7 Å². The first-order chi connectivity index (χ1) is 9.99. The first kappa shape index (κ1) is 16.1. The fourth-order valence-corrected chi connectivity index (χ4v) is 2.91. The van der Waals surface area contributed by atoms with Crippen LogP contribution in [0.4, 0.5) is 5.69 Å².